The van der Waals surface area contributed by atoms with Gasteiger partial charge in [0.25, 0.3) is 0 Å². The highest BCUT2D eigenvalue weighted by molar-refractivity contribution is 5.96. The van der Waals surface area contributed by atoms with E-state index in [1.807, 2.05) is 0 Å². The number of piperidine rings is 1. The van der Waals surface area contributed by atoms with E-state index in [-0.39, 0.29) is 12.1 Å². The molecule has 3 heterocycles. The van der Waals surface area contributed by atoms with Crippen molar-refractivity contribution in [3.05, 3.63) is 0 Å². The van der Waals surface area contributed by atoms with Crippen molar-refractivity contribution in [3.8, 4) is 0 Å². The summed E-state index contributed by atoms with van der Waals surface area (Å²) in [6.45, 7) is 6.16. The predicted octanol–water partition coefficient (Wildman–Crippen LogP) is 1.39. The molecule has 0 aromatic heterocycles. The molecule has 3 atom stereocenters. The number of nitrogens with zero attached hydrogens (tertiary/aromatic N) is 2. The Balaban J connectivity index is 1.89. The largest absolute Gasteiger partial charge is 0.465 e. The summed E-state index contributed by atoms with van der Waals surface area (Å²) < 4.78 is 10.5. The summed E-state index contributed by atoms with van der Waals surface area (Å²) in [5.41, 5.74) is 0. The minimum atomic E-state index is -0.816. The Bertz CT molecular complexity index is 438. The summed E-state index contributed by atoms with van der Waals surface area (Å²) in [7, 11) is 0. The third-order valence-electron chi connectivity index (χ3n) is 5.44. The van der Waals surface area contributed by atoms with E-state index < -0.39 is 17.9 Å². The molecule has 6 nitrogen and oxygen atoms in total. The van der Waals surface area contributed by atoms with Crippen LogP contribution >= 0.6 is 0 Å². The Hall–Kier alpha value is -1.14. The fourth-order valence-corrected chi connectivity index (χ4v) is 4.67. The Kier molecular flexibility index (Phi) is 5.21. The summed E-state index contributed by atoms with van der Waals surface area (Å²) in [4.78, 5) is 30.0. The third kappa shape index (κ3) is 2.98. The summed E-state index contributed by atoms with van der Waals surface area (Å²) in [5.74, 6) is -1.66. The van der Waals surface area contributed by atoms with Crippen LogP contribution in [-0.2, 0) is 19.1 Å². The van der Waals surface area contributed by atoms with Crippen LogP contribution in [0.25, 0.3) is 0 Å². The molecule has 3 aliphatic rings. The molecule has 6 heteroatoms. The van der Waals surface area contributed by atoms with E-state index in [1.54, 1.807) is 13.8 Å². The van der Waals surface area contributed by atoms with E-state index in [0.29, 0.717) is 19.4 Å². The molecule has 130 valence electrons. The lowest BCUT2D eigenvalue weighted by atomic mass is 9.91. The Labute approximate surface area is 138 Å². The van der Waals surface area contributed by atoms with E-state index in [9.17, 15) is 9.59 Å². The number of fused-ring (bicyclic) bond motifs is 3. The molecular weight excluding hydrogens is 296 g/mol. The topological polar surface area (TPSA) is 59.1 Å². The number of carbonyl (C=O) groups is 2. The van der Waals surface area contributed by atoms with Crippen molar-refractivity contribution in [2.24, 2.45) is 5.92 Å². The van der Waals surface area contributed by atoms with Gasteiger partial charge >= 0.3 is 11.9 Å². The maximum absolute atomic E-state index is 12.5. The minimum absolute atomic E-state index is 0.0964. The molecule has 0 aromatic rings. The number of carbonyl (C=O) groups excluding carboxylic acids is 2. The van der Waals surface area contributed by atoms with Gasteiger partial charge in [0.15, 0.2) is 5.92 Å². The van der Waals surface area contributed by atoms with E-state index in [4.69, 9.17) is 9.47 Å². The van der Waals surface area contributed by atoms with E-state index in [0.717, 1.165) is 38.8 Å². The number of rotatable bonds is 5. The third-order valence-corrected chi connectivity index (χ3v) is 5.44. The smallest absolute Gasteiger partial charge is 0.322 e. The van der Waals surface area contributed by atoms with Crippen LogP contribution in [0.2, 0.25) is 0 Å². The van der Waals surface area contributed by atoms with Gasteiger partial charge in [-0.25, -0.2) is 0 Å². The molecule has 0 amide bonds. The van der Waals surface area contributed by atoms with Gasteiger partial charge in [0, 0.05) is 19.1 Å². The zero-order valence-electron chi connectivity index (χ0n) is 14.2. The molecule has 3 rings (SSSR count). The van der Waals surface area contributed by atoms with Crippen LogP contribution in [0.5, 0.6) is 0 Å². The molecule has 0 N–H and O–H groups in total. The molecule has 0 unspecified atom stereocenters. The van der Waals surface area contributed by atoms with Crippen LogP contribution in [0, 0.1) is 5.92 Å². The molecule has 0 aliphatic carbocycles. The van der Waals surface area contributed by atoms with Gasteiger partial charge in [0.05, 0.1) is 25.4 Å². The second kappa shape index (κ2) is 7.18. The molecule has 3 aliphatic heterocycles. The summed E-state index contributed by atoms with van der Waals surface area (Å²) in [6, 6.07) is 0.179. The van der Waals surface area contributed by atoms with Crippen molar-refractivity contribution in [1.82, 2.24) is 9.80 Å². The summed E-state index contributed by atoms with van der Waals surface area (Å²) >= 11 is 0. The highest BCUT2D eigenvalue weighted by Crippen LogP contribution is 2.42. The van der Waals surface area contributed by atoms with Gasteiger partial charge in [-0.15, -0.1) is 0 Å². The van der Waals surface area contributed by atoms with Gasteiger partial charge in [0.1, 0.15) is 0 Å². The quantitative estimate of drug-likeness (QED) is 0.563. The minimum Gasteiger partial charge on any atom is -0.465 e. The van der Waals surface area contributed by atoms with Gasteiger partial charge in [0.2, 0.25) is 0 Å². The monoisotopic (exact) mass is 324 g/mol. The molecular formula is C17H28N2O4. The fourth-order valence-electron chi connectivity index (χ4n) is 4.67. The molecule has 3 saturated heterocycles. The maximum Gasteiger partial charge on any atom is 0.322 e. The Morgan fingerprint density at radius 3 is 2.26 bits per heavy atom. The van der Waals surface area contributed by atoms with Gasteiger partial charge in [-0.05, 0) is 46.0 Å². The van der Waals surface area contributed by atoms with Crippen LogP contribution in [0.15, 0.2) is 0 Å². The Morgan fingerprint density at radius 1 is 0.957 bits per heavy atom. The summed E-state index contributed by atoms with van der Waals surface area (Å²) in [5, 5.41) is 0. The van der Waals surface area contributed by atoms with Crippen LogP contribution in [0.1, 0.15) is 46.0 Å². The standard InChI is InChI=1S/C17H28N2O4/c1-3-22-16(20)14(17(21)23-4-2)15-12-8-7-11-18(12)13-9-5-6-10-19(13)15/h12-15H,3-11H2,1-2H3/t12-,13+,15+/m0/s1. The van der Waals surface area contributed by atoms with Crippen molar-refractivity contribution >= 4 is 11.9 Å². The van der Waals surface area contributed by atoms with Crippen molar-refractivity contribution in [2.75, 3.05) is 26.3 Å². The second-order valence-corrected chi connectivity index (χ2v) is 6.63. The van der Waals surface area contributed by atoms with Gasteiger partial charge in [-0.1, -0.05) is 0 Å². The molecule has 0 aromatic carbocycles. The van der Waals surface area contributed by atoms with Crippen molar-refractivity contribution in [2.45, 2.75) is 64.2 Å². The first-order valence-corrected chi connectivity index (χ1v) is 9.03. The van der Waals surface area contributed by atoms with Crippen LogP contribution in [0.4, 0.5) is 0 Å². The first kappa shape index (κ1) is 16.7. The highest BCUT2D eigenvalue weighted by Gasteiger charge is 2.56. The van der Waals surface area contributed by atoms with Crippen LogP contribution in [-0.4, -0.2) is 66.3 Å². The van der Waals surface area contributed by atoms with Crippen molar-refractivity contribution < 1.29 is 19.1 Å². The summed E-state index contributed by atoms with van der Waals surface area (Å²) in [6.07, 6.45) is 6.06. The SMILES string of the molecule is CCOC(=O)C(C(=O)OCC)[C@H]1[C@@H]2CCCN2[C@H]2CCCCN21. The van der Waals surface area contributed by atoms with E-state index in [2.05, 4.69) is 9.80 Å². The molecule has 3 fully saturated rings. The molecule has 0 spiro atoms. The number of hydrogen-bond donors (Lipinski definition) is 0. The fraction of sp³-hybridized carbons (Fsp3) is 0.882. The van der Waals surface area contributed by atoms with Gasteiger partial charge < -0.3 is 9.47 Å². The lowest BCUT2D eigenvalue weighted by Crippen LogP contribution is -2.51. The van der Waals surface area contributed by atoms with E-state index in [1.165, 1.54) is 6.42 Å². The van der Waals surface area contributed by atoms with Crippen LogP contribution < -0.4 is 0 Å². The zero-order valence-corrected chi connectivity index (χ0v) is 14.2. The number of hydrogen-bond acceptors (Lipinski definition) is 6. The normalized spacial score (nSPS) is 31.0. The van der Waals surface area contributed by atoms with Crippen LogP contribution in [0.3, 0.4) is 0 Å². The predicted molar refractivity (Wildman–Crippen MR) is 84.6 cm³/mol. The highest BCUT2D eigenvalue weighted by atomic mass is 16.6. The Morgan fingerprint density at radius 2 is 1.61 bits per heavy atom. The maximum atomic E-state index is 12.5. The molecule has 0 radical (unpaired) electrons. The van der Waals surface area contributed by atoms with Gasteiger partial charge in [-0.2, -0.15) is 0 Å². The number of ether oxygens (including phenoxy) is 2. The average Bonchev–Trinajstić information content (AvgIpc) is 3.11. The van der Waals surface area contributed by atoms with Crippen molar-refractivity contribution in [1.29, 1.82) is 0 Å². The number of esters is 2. The lowest BCUT2D eigenvalue weighted by molar-refractivity contribution is -0.165. The molecule has 0 bridgehead atoms. The van der Waals surface area contributed by atoms with Gasteiger partial charge in [-0.3, -0.25) is 19.4 Å². The van der Waals surface area contributed by atoms with Crippen molar-refractivity contribution in [3.63, 3.8) is 0 Å². The molecule has 0 saturated carbocycles. The first-order chi connectivity index (χ1) is 11.2. The zero-order chi connectivity index (χ0) is 16.4. The lowest BCUT2D eigenvalue weighted by Gasteiger charge is -2.37. The average molecular weight is 324 g/mol. The second-order valence-electron chi connectivity index (χ2n) is 6.63. The van der Waals surface area contributed by atoms with E-state index >= 15 is 0 Å². The molecule has 23 heavy (non-hydrogen) atoms. The first-order valence-electron chi connectivity index (χ1n) is 9.03.